The summed E-state index contributed by atoms with van der Waals surface area (Å²) in [5, 5.41) is 29.1. The maximum atomic E-state index is 12.4. The van der Waals surface area contributed by atoms with Gasteiger partial charge in [-0.3, -0.25) is 4.79 Å². The number of carboxylic acids is 1. The van der Waals surface area contributed by atoms with E-state index < -0.39 is 23.5 Å². The third-order valence-electron chi connectivity index (χ3n) is 3.19. The van der Waals surface area contributed by atoms with E-state index in [4.69, 9.17) is 9.84 Å². The fraction of sp³-hybridized carbons (Fsp3) is 0.200. The van der Waals surface area contributed by atoms with Gasteiger partial charge in [0.1, 0.15) is 5.76 Å². The van der Waals surface area contributed by atoms with E-state index in [9.17, 15) is 19.8 Å². The molecule has 1 unspecified atom stereocenters. The molecule has 0 saturated heterocycles. The van der Waals surface area contributed by atoms with Gasteiger partial charge in [0, 0.05) is 11.6 Å². The molecule has 2 rings (SSSR count). The first-order chi connectivity index (χ1) is 9.86. The van der Waals surface area contributed by atoms with Crippen molar-refractivity contribution in [2.45, 2.75) is 5.79 Å². The Morgan fingerprint density at radius 1 is 1.19 bits per heavy atom. The monoisotopic (exact) mass is 290 g/mol. The summed E-state index contributed by atoms with van der Waals surface area (Å²) < 4.78 is 4.82. The standard InChI is InChI=1S/C15H14O6/c1-21-12-8-15(19,20)11(7-10(12)14(17)18)13(16)9-5-3-2-4-6-9/h2-8,11,19-20H,1H3,(H,17,18). The van der Waals surface area contributed by atoms with E-state index in [0.29, 0.717) is 0 Å². The van der Waals surface area contributed by atoms with Crippen LogP contribution < -0.4 is 0 Å². The molecule has 0 aliphatic heterocycles. The van der Waals surface area contributed by atoms with Crippen molar-refractivity contribution in [1.82, 2.24) is 0 Å². The SMILES string of the molecule is COC1=CC(O)(O)C(C(=O)c2ccccc2)C=C1C(=O)O. The van der Waals surface area contributed by atoms with Crippen molar-refractivity contribution >= 4 is 11.8 Å². The molecule has 0 amide bonds. The predicted molar refractivity (Wildman–Crippen MR) is 72.2 cm³/mol. The third-order valence-corrected chi connectivity index (χ3v) is 3.19. The highest BCUT2D eigenvalue weighted by Crippen LogP contribution is 2.32. The average molecular weight is 290 g/mol. The average Bonchev–Trinajstić information content (AvgIpc) is 2.46. The van der Waals surface area contributed by atoms with Crippen LogP contribution in [0.3, 0.4) is 0 Å². The molecule has 0 fully saturated rings. The van der Waals surface area contributed by atoms with Gasteiger partial charge in [0.2, 0.25) is 5.79 Å². The maximum Gasteiger partial charge on any atom is 0.339 e. The number of carboxylic acid groups (broad SMARTS) is 1. The minimum absolute atomic E-state index is 0.204. The van der Waals surface area contributed by atoms with E-state index in [1.807, 2.05) is 0 Å². The topological polar surface area (TPSA) is 104 Å². The Kier molecular flexibility index (Phi) is 3.93. The molecule has 0 heterocycles. The number of methoxy groups -OCH3 is 1. The number of ketones is 1. The zero-order chi connectivity index (χ0) is 15.6. The molecule has 1 aromatic carbocycles. The first kappa shape index (κ1) is 15.0. The van der Waals surface area contributed by atoms with Gasteiger partial charge in [-0.2, -0.15) is 0 Å². The number of carbonyl (C=O) groups excluding carboxylic acids is 1. The number of benzene rings is 1. The smallest absolute Gasteiger partial charge is 0.339 e. The Hall–Kier alpha value is -2.44. The summed E-state index contributed by atoms with van der Waals surface area (Å²) in [5.74, 6) is -6.05. The van der Waals surface area contributed by atoms with Gasteiger partial charge in [-0.1, -0.05) is 30.3 Å². The Bertz CT molecular complexity index is 627. The van der Waals surface area contributed by atoms with Crippen molar-refractivity contribution in [2.75, 3.05) is 7.11 Å². The second-order valence-corrected chi connectivity index (χ2v) is 4.59. The molecule has 1 aromatic rings. The zero-order valence-electron chi connectivity index (χ0n) is 11.2. The van der Waals surface area contributed by atoms with Crippen LogP contribution in [0.5, 0.6) is 0 Å². The van der Waals surface area contributed by atoms with Gasteiger partial charge in [-0.15, -0.1) is 0 Å². The van der Waals surface area contributed by atoms with Gasteiger partial charge in [0.15, 0.2) is 5.78 Å². The summed E-state index contributed by atoms with van der Waals surface area (Å²) in [7, 11) is 1.21. The Balaban J connectivity index is 2.46. The quantitative estimate of drug-likeness (QED) is 0.557. The molecule has 0 spiro atoms. The summed E-state index contributed by atoms with van der Waals surface area (Å²) in [5.41, 5.74) is -0.0317. The largest absolute Gasteiger partial charge is 0.496 e. The number of ether oxygens (including phenoxy) is 1. The van der Waals surface area contributed by atoms with Crippen molar-refractivity contribution in [3.63, 3.8) is 0 Å². The molecule has 6 nitrogen and oxygen atoms in total. The fourth-order valence-corrected chi connectivity index (χ4v) is 2.13. The van der Waals surface area contributed by atoms with E-state index in [0.717, 1.165) is 12.2 Å². The second kappa shape index (κ2) is 5.51. The van der Waals surface area contributed by atoms with E-state index in [1.54, 1.807) is 18.2 Å². The van der Waals surface area contributed by atoms with Crippen molar-refractivity contribution in [3.05, 3.63) is 59.4 Å². The molecule has 1 aliphatic rings. The van der Waals surface area contributed by atoms with Crippen molar-refractivity contribution in [1.29, 1.82) is 0 Å². The number of rotatable bonds is 4. The minimum atomic E-state index is -2.52. The molecule has 0 aromatic heterocycles. The van der Waals surface area contributed by atoms with Crippen LogP contribution in [0, 0.1) is 5.92 Å². The van der Waals surface area contributed by atoms with Gasteiger partial charge >= 0.3 is 5.97 Å². The molecule has 1 aliphatic carbocycles. The number of aliphatic hydroxyl groups is 2. The lowest BCUT2D eigenvalue weighted by atomic mass is 9.83. The van der Waals surface area contributed by atoms with Crippen molar-refractivity contribution in [2.24, 2.45) is 5.92 Å². The van der Waals surface area contributed by atoms with Crippen LogP contribution >= 0.6 is 0 Å². The van der Waals surface area contributed by atoms with Gasteiger partial charge < -0.3 is 20.1 Å². The second-order valence-electron chi connectivity index (χ2n) is 4.59. The number of hydrogen-bond acceptors (Lipinski definition) is 5. The number of Topliss-reactive ketones (excluding diaryl/α,β-unsaturated/α-hetero) is 1. The molecule has 0 radical (unpaired) electrons. The fourth-order valence-electron chi connectivity index (χ4n) is 2.13. The Labute approximate surface area is 120 Å². The lowest BCUT2D eigenvalue weighted by molar-refractivity contribution is -0.141. The number of carbonyl (C=O) groups is 2. The first-order valence-electron chi connectivity index (χ1n) is 6.13. The summed E-state index contributed by atoms with van der Waals surface area (Å²) in [6, 6.07) is 8.00. The lowest BCUT2D eigenvalue weighted by Crippen LogP contribution is -2.42. The van der Waals surface area contributed by atoms with Crippen LogP contribution in [0.4, 0.5) is 0 Å². The van der Waals surface area contributed by atoms with Crippen LogP contribution in [-0.2, 0) is 9.53 Å². The van der Waals surface area contributed by atoms with E-state index >= 15 is 0 Å². The minimum Gasteiger partial charge on any atom is -0.496 e. The number of hydrogen-bond donors (Lipinski definition) is 3. The summed E-state index contributed by atoms with van der Waals surface area (Å²) >= 11 is 0. The molecule has 1 atom stereocenters. The van der Waals surface area contributed by atoms with Crippen LogP contribution in [-0.4, -0.2) is 40.0 Å². The van der Waals surface area contributed by atoms with E-state index in [2.05, 4.69) is 0 Å². The van der Waals surface area contributed by atoms with Gasteiger partial charge in [0.05, 0.1) is 18.6 Å². The Morgan fingerprint density at radius 3 is 2.33 bits per heavy atom. The summed E-state index contributed by atoms with van der Waals surface area (Å²) in [4.78, 5) is 23.5. The van der Waals surface area contributed by atoms with Gasteiger partial charge in [-0.25, -0.2) is 4.79 Å². The molecule has 3 N–H and O–H groups in total. The first-order valence-corrected chi connectivity index (χ1v) is 6.13. The molecule has 0 bridgehead atoms. The highest BCUT2D eigenvalue weighted by Gasteiger charge is 2.42. The van der Waals surface area contributed by atoms with Gasteiger partial charge in [0.25, 0.3) is 0 Å². The summed E-state index contributed by atoms with van der Waals surface area (Å²) in [6.07, 6.45) is 1.82. The van der Waals surface area contributed by atoms with Crippen molar-refractivity contribution < 1.29 is 29.6 Å². The van der Waals surface area contributed by atoms with Crippen LogP contribution in [0.1, 0.15) is 10.4 Å². The summed E-state index contributed by atoms with van der Waals surface area (Å²) in [6.45, 7) is 0. The molecular formula is C15H14O6. The zero-order valence-corrected chi connectivity index (χ0v) is 11.2. The van der Waals surface area contributed by atoms with Crippen LogP contribution in [0.25, 0.3) is 0 Å². The van der Waals surface area contributed by atoms with Crippen LogP contribution in [0.2, 0.25) is 0 Å². The van der Waals surface area contributed by atoms with Gasteiger partial charge in [-0.05, 0) is 6.08 Å². The Morgan fingerprint density at radius 2 is 1.81 bits per heavy atom. The highest BCUT2D eigenvalue weighted by molar-refractivity contribution is 6.02. The van der Waals surface area contributed by atoms with E-state index in [1.165, 1.54) is 19.2 Å². The van der Waals surface area contributed by atoms with Crippen molar-refractivity contribution in [3.8, 4) is 0 Å². The lowest BCUT2D eigenvalue weighted by Gasteiger charge is -2.30. The highest BCUT2D eigenvalue weighted by atomic mass is 16.5. The molecular weight excluding hydrogens is 276 g/mol. The number of aliphatic carboxylic acids is 1. The normalized spacial score (nSPS) is 20.2. The molecule has 21 heavy (non-hydrogen) atoms. The molecule has 6 heteroatoms. The molecule has 110 valence electrons. The van der Waals surface area contributed by atoms with Crippen LogP contribution in [0.15, 0.2) is 53.8 Å². The predicted octanol–water partition coefficient (Wildman–Crippen LogP) is 0.721. The van der Waals surface area contributed by atoms with E-state index in [-0.39, 0.29) is 16.9 Å². The molecule has 0 saturated carbocycles. The maximum absolute atomic E-state index is 12.4. The third kappa shape index (κ3) is 2.86.